The fraction of sp³-hybridized carbons (Fsp3) is 0.579. The van der Waals surface area contributed by atoms with Gasteiger partial charge in [-0.15, -0.1) is 0 Å². The van der Waals surface area contributed by atoms with Crippen molar-refractivity contribution < 1.29 is 14.0 Å². The van der Waals surface area contributed by atoms with Gasteiger partial charge in [-0.25, -0.2) is 9.18 Å². The second-order valence-corrected chi connectivity index (χ2v) is 7.10. The van der Waals surface area contributed by atoms with E-state index in [1.807, 2.05) is 4.90 Å². The van der Waals surface area contributed by atoms with Gasteiger partial charge in [0.25, 0.3) is 0 Å². The summed E-state index contributed by atoms with van der Waals surface area (Å²) in [4.78, 5) is 30.5. The Kier molecular flexibility index (Phi) is 6.08. The molecule has 2 aliphatic heterocycles. The molecule has 0 atom stereocenters. The molecule has 1 aromatic rings. The van der Waals surface area contributed by atoms with Crippen LogP contribution in [0.25, 0.3) is 0 Å². The van der Waals surface area contributed by atoms with Crippen molar-refractivity contribution in [3.05, 3.63) is 29.6 Å². The minimum absolute atomic E-state index is 0.182. The van der Waals surface area contributed by atoms with Crippen LogP contribution in [-0.4, -0.2) is 72.5 Å². The summed E-state index contributed by atoms with van der Waals surface area (Å²) < 4.78 is 13.3. The Morgan fingerprint density at radius 1 is 1.00 bits per heavy atom. The molecule has 0 radical (unpaired) electrons. The molecule has 0 saturated carbocycles. The zero-order valence-electron chi connectivity index (χ0n) is 15.3. The van der Waals surface area contributed by atoms with Crippen LogP contribution in [0.2, 0.25) is 0 Å². The molecule has 2 heterocycles. The van der Waals surface area contributed by atoms with Gasteiger partial charge in [0.05, 0.1) is 6.54 Å². The van der Waals surface area contributed by atoms with Crippen LogP contribution in [0.5, 0.6) is 0 Å². The number of aryl methyl sites for hydroxylation is 1. The first-order valence-electron chi connectivity index (χ1n) is 9.35. The Bertz CT molecular complexity index is 653. The molecular weight excluding hydrogens is 335 g/mol. The predicted molar refractivity (Wildman–Crippen MR) is 98.6 cm³/mol. The zero-order valence-corrected chi connectivity index (χ0v) is 15.3. The van der Waals surface area contributed by atoms with E-state index in [1.165, 1.54) is 12.5 Å². The number of likely N-dealkylation sites (tertiary alicyclic amines) is 1. The maximum atomic E-state index is 13.3. The molecule has 2 saturated heterocycles. The summed E-state index contributed by atoms with van der Waals surface area (Å²) in [5, 5.41) is 2.81. The Labute approximate surface area is 153 Å². The highest BCUT2D eigenvalue weighted by Crippen LogP contribution is 2.15. The van der Waals surface area contributed by atoms with Crippen LogP contribution >= 0.6 is 0 Å². The third-order valence-corrected chi connectivity index (χ3v) is 5.14. The highest BCUT2D eigenvalue weighted by molar-refractivity contribution is 5.89. The second-order valence-electron chi connectivity index (χ2n) is 7.10. The number of piperazine rings is 1. The summed E-state index contributed by atoms with van der Waals surface area (Å²) in [6, 6.07) is 4.36. The standard InChI is InChI=1S/C19H27FN4O2/c1-15-13-16(5-6-17(15)20)21-19(26)24-11-9-22(10-12-24)14-18(25)23-7-3-2-4-8-23/h5-6,13H,2-4,7-12,14H2,1H3,(H,21,26). The SMILES string of the molecule is Cc1cc(NC(=O)N2CCN(CC(=O)N3CCCCC3)CC2)ccc1F. The number of amides is 3. The van der Waals surface area contributed by atoms with Gasteiger partial charge in [0.1, 0.15) is 5.82 Å². The number of rotatable bonds is 3. The summed E-state index contributed by atoms with van der Waals surface area (Å²) in [7, 11) is 0. The van der Waals surface area contributed by atoms with E-state index in [0.717, 1.165) is 25.9 Å². The van der Waals surface area contributed by atoms with Crippen LogP contribution in [0.15, 0.2) is 18.2 Å². The van der Waals surface area contributed by atoms with Gasteiger partial charge in [0, 0.05) is 45.0 Å². The van der Waals surface area contributed by atoms with Gasteiger partial charge in [-0.05, 0) is 49.9 Å². The molecule has 6 nitrogen and oxygen atoms in total. The van der Waals surface area contributed by atoms with Crippen molar-refractivity contribution in [3.63, 3.8) is 0 Å². The molecule has 0 bridgehead atoms. The number of hydrogen-bond acceptors (Lipinski definition) is 3. The third-order valence-electron chi connectivity index (χ3n) is 5.14. The number of halogens is 1. The van der Waals surface area contributed by atoms with Crippen LogP contribution in [-0.2, 0) is 4.79 Å². The first kappa shape index (κ1) is 18.6. The van der Waals surface area contributed by atoms with E-state index in [4.69, 9.17) is 0 Å². The normalized spacial score (nSPS) is 18.7. The Morgan fingerprint density at radius 3 is 2.35 bits per heavy atom. The molecule has 142 valence electrons. The number of benzene rings is 1. The minimum Gasteiger partial charge on any atom is -0.342 e. The highest BCUT2D eigenvalue weighted by Gasteiger charge is 2.24. The fourth-order valence-corrected chi connectivity index (χ4v) is 3.47. The van der Waals surface area contributed by atoms with E-state index in [2.05, 4.69) is 10.2 Å². The van der Waals surface area contributed by atoms with Crippen LogP contribution in [0.1, 0.15) is 24.8 Å². The highest BCUT2D eigenvalue weighted by atomic mass is 19.1. The van der Waals surface area contributed by atoms with Gasteiger partial charge < -0.3 is 15.1 Å². The van der Waals surface area contributed by atoms with E-state index in [1.54, 1.807) is 24.0 Å². The zero-order chi connectivity index (χ0) is 18.5. The number of nitrogens with zero attached hydrogens (tertiary/aromatic N) is 3. The van der Waals surface area contributed by atoms with Crippen molar-refractivity contribution in [2.75, 3.05) is 51.1 Å². The number of carbonyl (C=O) groups is 2. The van der Waals surface area contributed by atoms with Gasteiger partial charge in [-0.2, -0.15) is 0 Å². The number of urea groups is 1. The summed E-state index contributed by atoms with van der Waals surface area (Å²) in [5.41, 5.74) is 1.10. The molecule has 1 N–H and O–H groups in total. The Morgan fingerprint density at radius 2 is 1.69 bits per heavy atom. The number of piperidine rings is 1. The van der Waals surface area contributed by atoms with Crippen LogP contribution in [0, 0.1) is 12.7 Å². The largest absolute Gasteiger partial charge is 0.342 e. The first-order valence-corrected chi connectivity index (χ1v) is 9.35. The Hall–Kier alpha value is -2.15. The average molecular weight is 362 g/mol. The van der Waals surface area contributed by atoms with Crippen molar-refractivity contribution >= 4 is 17.6 Å². The molecule has 0 unspecified atom stereocenters. The summed E-state index contributed by atoms with van der Waals surface area (Å²) >= 11 is 0. The van der Waals surface area contributed by atoms with Gasteiger partial charge in [-0.3, -0.25) is 9.69 Å². The van der Waals surface area contributed by atoms with E-state index < -0.39 is 0 Å². The van der Waals surface area contributed by atoms with Crippen molar-refractivity contribution in [3.8, 4) is 0 Å². The topological polar surface area (TPSA) is 55.9 Å². The second kappa shape index (κ2) is 8.49. The number of anilines is 1. The third kappa shape index (κ3) is 4.72. The van der Waals surface area contributed by atoms with E-state index in [9.17, 15) is 14.0 Å². The van der Waals surface area contributed by atoms with E-state index in [-0.39, 0.29) is 17.8 Å². The molecule has 3 rings (SSSR count). The molecule has 2 fully saturated rings. The molecule has 7 heteroatoms. The number of carbonyl (C=O) groups excluding carboxylic acids is 2. The van der Waals surface area contributed by atoms with Crippen molar-refractivity contribution in [1.29, 1.82) is 0 Å². The van der Waals surface area contributed by atoms with Crippen molar-refractivity contribution in [2.45, 2.75) is 26.2 Å². The fourth-order valence-electron chi connectivity index (χ4n) is 3.47. The van der Waals surface area contributed by atoms with Gasteiger partial charge in [0.15, 0.2) is 0 Å². The summed E-state index contributed by atoms with van der Waals surface area (Å²) in [6.45, 7) is 6.40. The molecule has 0 spiro atoms. The first-order chi connectivity index (χ1) is 12.5. The van der Waals surface area contributed by atoms with Crippen molar-refractivity contribution in [2.24, 2.45) is 0 Å². The molecule has 0 aliphatic carbocycles. The molecule has 3 amide bonds. The Balaban J connectivity index is 1.44. The predicted octanol–water partition coefficient (Wildman–Crippen LogP) is 2.30. The quantitative estimate of drug-likeness (QED) is 0.898. The lowest BCUT2D eigenvalue weighted by atomic mass is 10.1. The molecule has 0 aromatic heterocycles. The van der Waals surface area contributed by atoms with Crippen LogP contribution in [0.3, 0.4) is 0 Å². The lowest BCUT2D eigenvalue weighted by Crippen LogP contribution is -2.52. The average Bonchev–Trinajstić information content (AvgIpc) is 2.66. The number of hydrogen-bond donors (Lipinski definition) is 1. The maximum Gasteiger partial charge on any atom is 0.321 e. The smallest absolute Gasteiger partial charge is 0.321 e. The van der Waals surface area contributed by atoms with E-state index in [0.29, 0.717) is 44.0 Å². The molecule has 1 aromatic carbocycles. The van der Waals surface area contributed by atoms with E-state index >= 15 is 0 Å². The lowest BCUT2D eigenvalue weighted by Gasteiger charge is -2.36. The maximum absolute atomic E-state index is 13.3. The summed E-state index contributed by atoms with van der Waals surface area (Å²) in [6.07, 6.45) is 3.41. The molecule has 2 aliphatic rings. The van der Waals surface area contributed by atoms with Gasteiger partial charge >= 0.3 is 6.03 Å². The molecule has 26 heavy (non-hydrogen) atoms. The van der Waals surface area contributed by atoms with Gasteiger partial charge in [0.2, 0.25) is 5.91 Å². The van der Waals surface area contributed by atoms with Crippen LogP contribution in [0.4, 0.5) is 14.9 Å². The lowest BCUT2D eigenvalue weighted by molar-refractivity contribution is -0.133. The number of nitrogens with one attached hydrogen (secondary N) is 1. The van der Waals surface area contributed by atoms with Gasteiger partial charge in [-0.1, -0.05) is 0 Å². The minimum atomic E-state index is -0.282. The summed E-state index contributed by atoms with van der Waals surface area (Å²) in [5.74, 6) is -0.0839. The van der Waals surface area contributed by atoms with Crippen molar-refractivity contribution in [1.82, 2.24) is 14.7 Å². The monoisotopic (exact) mass is 362 g/mol. The molecular formula is C19H27FN4O2. The van der Waals surface area contributed by atoms with Crippen LogP contribution < -0.4 is 5.32 Å².